The molecular formula is C18H15Cl2FN4O2. The Bertz CT molecular complexity index is 982. The summed E-state index contributed by atoms with van der Waals surface area (Å²) in [7, 11) is 0. The molecule has 1 aromatic carbocycles. The molecule has 4 rings (SSSR count). The van der Waals surface area contributed by atoms with E-state index in [1.165, 1.54) is 12.1 Å². The second-order valence-corrected chi connectivity index (χ2v) is 6.93. The van der Waals surface area contributed by atoms with Crippen LogP contribution in [0.5, 0.6) is 0 Å². The zero-order valence-electron chi connectivity index (χ0n) is 14.3. The number of hydrogen-bond acceptors (Lipinski definition) is 6. The van der Waals surface area contributed by atoms with Crippen molar-refractivity contribution in [3.63, 3.8) is 0 Å². The lowest BCUT2D eigenvalue weighted by Gasteiger charge is -2.35. The molecule has 0 bridgehead atoms. The number of rotatable bonds is 3. The van der Waals surface area contributed by atoms with Gasteiger partial charge in [0.05, 0.1) is 17.2 Å². The van der Waals surface area contributed by atoms with Gasteiger partial charge in [0.25, 0.3) is 5.89 Å². The van der Waals surface area contributed by atoms with Gasteiger partial charge in [-0.2, -0.15) is 4.98 Å². The van der Waals surface area contributed by atoms with Crippen LogP contribution in [0.4, 0.5) is 10.2 Å². The summed E-state index contributed by atoms with van der Waals surface area (Å²) in [6, 6.07) is 6.39. The summed E-state index contributed by atoms with van der Waals surface area (Å²) in [6.45, 7) is 3.24. The van der Waals surface area contributed by atoms with Crippen LogP contribution in [0.15, 0.2) is 35.0 Å². The Morgan fingerprint density at radius 2 is 2.11 bits per heavy atom. The first kappa shape index (κ1) is 18.2. The molecule has 3 heterocycles. The van der Waals surface area contributed by atoms with Crippen LogP contribution in [-0.2, 0) is 4.74 Å². The fourth-order valence-corrected chi connectivity index (χ4v) is 3.54. The number of halogens is 3. The van der Waals surface area contributed by atoms with Gasteiger partial charge in [-0.1, -0.05) is 28.4 Å². The molecule has 3 aromatic rings. The summed E-state index contributed by atoms with van der Waals surface area (Å²) in [5, 5.41) is 4.19. The molecule has 1 aliphatic rings. The number of hydrogen-bond donors (Lipinski definition) is 0. The van der Waals surface area contributed by atoms with Crippen LogP contribution in [0, 0.1) is 12.7 Å². The van der Waals surface area contributed by atoms with Crippen LogP contribution < -0.4 is 4.90 Å². The molecule has 9 heteroatoms. The molecule has 0 N–H and O–H groups in total. The third-order valence-electron chi connectivity index (χ3n) is 4.30. The molecule has 1 atom stereocenters. The molecule has 1 aliphatic heterocycles. The number of anilines is 1. The lowest BCUT2D eigenvalue weighted by atomic mass is 10.1. The third kappa shape index (κ3) is 3.63. The Balaban J connectivity index is 1.66. The minimum Gasteiger partial charge on any atom is -0.370 e. The Labute approximate surface area is 164 Å². The molecule has 1 saturated heterocycles. The highest BCUT2D eigenvalue weighted by Gasteiger charge is 2.28. The van der Waals surface area contributed by atoms with Crippen molar-refractivity contribution in [1.29, 1.82) is 0 Å². The maximum atomic E-state index is 13.9. The van der Waals surface area contributed by atoms with Crippen molar-refractivity contribution in [1.82, 2.24) is 15.1 Å². The van der Waals surface area contributed by atoms with Crippen molar-refractivity contribution in [2.75, 3.05) is 24.6 Å². The molecule has 2 aromatic heterocycles. The summed E-state index contributed by atoms with van der Waals surface area (Å²) in [5.41, 5.74) is 1.28. The van der Waals surface area contributed by atoms with Crippen molar-refractivity contribution < 1.29 is 13.7 Å². The van der Waals surface area contributed by atoms with Gasteiger partial charge >= 0.3 is 0 Å². The normalized spacial score (nSPS) is 17.3. The summed E-state index contributed by atoms with van der Waals surface area (Å²) < 4.78 is 25.0. The highest BCUT2D eigenvalue weighted by molar-refractivity contribution is 6.35. The maximum Gasteiger partial charge on any atom is 0.261 e. The van der Waals surface area contributed by atoms with E-state index in [1.807, 2.05) is 17.0 Å². The first-order valence-corrected chi connectivity index (χ1v) is 9.05. The SMILES string of the molecule is Cc1noc(-c2cccnc2N2CCOC(c3cc(F)c(Cl)cc3Cl)C2)n1. The minimum atomic E-state index is -0.531. The van der Waals surface area contributed by atoms with Gasteiger partial charge in [-0.3, -0.25) is 0 Å². The molecule has 0 aliphatic carbocycles. The molecule has 0 spiro atoms. The van der Waals surface area contributed by atoms with E-state index in [0.717, 1.165) is 5.56 Å². The van der Waals surface area contributed by atoms with Crippen LogP contribution >= 0.6 is 23.2 Å². The zero-order valence-corrected chi connectivity index (χ0v) is 15.8. The van der Waals surface area contributed by atoms with E-state index in [-0.39, 0.29) is 5.02 Å². The van der Waals surface area contributed by atoms with Crippen LogP contribution in [0.2, 0.25) is 10.0 Å². The Kier molecular flexibility index (Phi) is 4.99. The molecule has 1 unspecified atom stereocenters. The molecular weight excluding hydrogens is 394 g/mol. The monoisotopic (exact) mass is 408 g/mol. The van der Waals surface area contributed by atoms with Gasteiger partial charge in [-0.05, 0) is 31.2 Å². The van der Waals surface area contributed by atoms with Crippen molar-refractivity contribution in [2.24, 2.45) is 0 Å². The second kappa shape index (κ2) is 7.42. The summed E-state index contributed by atoms with van der Waals surface area (Å²) >= 11 is 12.1. The summed E-state index contributed by atoms with van der Waals surface area (Å²) in [5.74, 6) is 1.11. The number of nitrogens with zero attached hydrogens (tertiary/aromatic N) is 4. The fraction of sp³-hybridized carbons (Fsp3) is 0.278. The maximum absolute atomic E-state index is 13.9. The van der Waals surface area contributed by atoms with Gasteiger partial charge < -0.3 is 14.2 Å². The number of pyridine rings is 1. The topological polar surface area (TPSA) is 64.3 Å². The molecule has 6 nitrogen and oxygen atoms in total. The first-order chi connectivity index (χ1) is 13.0. The summed E-state index contributed by atoms with van der Waals surface area (Å²) in [4.78, 5) is 10.8. The van der Waals surface area contributed by atoms with Gasteiger partial charge in [0.15, 0.2) is 5.82 Å². The van der Waals surface area contributed by atoms with Gasteiger partial charge in [-0.25, -0.2) is 9.37 Å². The van der Waals surface area contributed by atoms with Gasteiger partial charge in [0, 0.05) is 29.9 Å². The first-order valence-electron chi connectivity index (χ1n) is 8.29. The van der Waals surface area contributed by atoms with Crippen molar-refractivity contribution in [3.05, 3.63) is 57.7 Å². The van der Waals surface area contributed by atoms with E-state index in [9.17, 15) is 4.39 Å². The number of ether oxygens (including phenoxy) is 1. The van der Waals surface area contributed by atoms with Crippen LogP contribution in [0.3, 0.4) is 0 Å². The van der Waals surface area contributed by atoms with Crippen molar-refractivity contribution >= 4 is 29.0 Å². The summed E-state index contributed by atoms with van der Waals surface area (Å²) in [6.07, 6.45) is 1.28. The van der Waals surface area contributed by atoms with Gasteiger partial charge in [-0.15, -0.1) is 0 Å². The van der Waals surface area contributed by atoms with E-state index in [1.54, 1.807) is 13.1 Å². The smallest absolute Gasteiger partial charge is 0.261 e. The van der Waals surface area contributed by atoms with Gasteiger partial charge in [0.1, 0.15) is 17.7 Å². The van der Waals surface area contributed by atoms with Crippen LogP contribution in [0.1, 0.15) is 17.5 Å². The largest absolute Gasteiger partial charge is 0.370 e. The molecule has 27 heavy (non-hydrogen) atoms. The predicted octanol–water partition coefficient (Wildman–Crippen LogP) is 4.46. The van der Waals surface area contributed by atoms with Crippen molar-refractivity contribution in [2.45, 2.75) is 13.0 Å². The minimum absolute atomic E-state index is 0.0183. The average molecular weight is 409 g/mol. The lowest BCUT2D eigenvalue weighted by Crippen LogP contribution is -2.39. The van der Waals surface area contributed by atoms with Crippen molar-refractivity contribution in [3.8, 4) is 11.5 Å². The molecule has 0 saturated carbocycles. The Morgan fingerprint density at radius 3 is 2.89 bits per heavy atom. The van der Waals surface area contributed by atoms with E-state index in [4.69, 9.17) is 32.5 Å². The van der Waals surface area contributed by atoms with E-state index in [2.05, 4.69) is 15.1 Å². The van der Waals surface area contributed by atoms with Crippen LogP contribution in [0.25, 0.3) is 11.5 Å². The average Bonchev–Trinajstić information content (AvgIpc) is 3.11. The highest BCUT2D eigenvalue weighted by Crippen LogP contribution is 2.35. The number of benzene rings is 1. The standard InChI is InChI=1S/C18H15Cl2FN4O2/c1-10-23-18(27-24-10)11-3-2-4-22-17(11)25-5-6-26-16(9-25)12-7-15(21)14(20)8-13(12)19/h2-4,7-8,16H,5-6,9H2,1H3. The zero-order chi connectivity index (χ0) is 19.0. The molecule has 1 fully saturated rings. The van der Waals surface area contributed by atoms with E-state index >= 15 is 0 Å². The van der Waals surface area contributed by atoms with E-state index < -0.39 is 11.9 Å². The molecule has 140 valence electrons. The quantitative estimate of drug-likeness (QED) is 0.595. The molecule has 0 radical (unpaired) electrons. The number of aromatic nitrogens is 3. The van der Waals surface area contributed by atoms with E-state index in [0.29, 0.717) is 47.8 Å². The van der Waals surface area contributed by atoms with Crippen LogP contribution in [-0.4, -0.2) is 34.8 Å². The molecule has 0 amide bonds. The predicted molar refractivity (Wildman–Crippen MR) is 99.6 cm³/mol. The number of morpholine rings is 1. The Morgan fingerprint density at radius 1 is 1.26 bits per heavy atom. The highest BCUT2D eigenvalue weighted by atomic mass is 35.5. The number of aryl methyl sites for hydroxylation is 1. The second-order valence-electron chi connectivity index (χ2n) is 6.11. The fourth-order valence-electron chi connectivity index (χ4n) is 3.04. The lowest BCUT2D eigenvalue weighted by molar-refractivity contribution is 0.0394. The Hall–Kier alpha value is -2.22. The van der Waals surface area contributed by atoms with Gasteiger partial charge in [0.2, 0.25) is 0 Å². The third-order valence-corrected chi connectivity index (χ3v) is 4.91.